The van der Waals surface area contributed by atoms with Crippen molar-refractivity contribution in [2.75, 3.05) is 6.61 Å². The molecule has 26 heavy (non-hydrogen) atoms. The molecule has 4 aliphatic rings. The van der Waals surface area contributed by atoms with Crippen molar-refractivity contribution in [3.8, 4) is 6.07 Å². The highest BCUT2D eigenvalue weighted by atomic mass is 16.7. The van der Waals surface area contributed by atoms with Gasteiger partial charge in [-0.3, -0.25) is 4.79 Å². The molecule has 7 atom stereocenters. The van der Waals surface area contributed by atoms with E-state index in [1.165, 1.54) is 0 Å². The summed E-state index contributed by atoms with van der Waals surface area (Å²) in [5, 5.41) is 10.3. The third-order valence-electron chi connectivity index (χ3n) is 7.77. The van der Waals surface area contributed by atoms with E-state index in [1.54, 1.807) is 6.08 Å². The molecule has 2 saturated heterocycles. The molecule has 2 heterocycles. The number of hydrogen-bond donors (Lipinski definition) is 0. The van der Waals surface area contributed by atoms with Crippen molar-refractivity contribution in [1.82, 2.24) is 0 Å². The SMILES string of the molecule is C=C(C)[C@@H]1C[C@@H](C)[C@](C)([C@H]2C[C@@H]3CCO[C@@H]3O2)C2=CC(=O)CC[C@]21C#N. The minimum absolute atomic E-state index is 0.00347. The van der Waals surface area contributed by atoms with Gasteiger partial charge in [0, 0.05) is 23.7 Å². The number of rotatable bonds is 2. The fraction of sp³-hybridized carbons (Fsp3) is 0.727. The van der Waals surface area contributed by atoms with Crippen LogP contribution in [-0.4, -0.2) is 24.8 Å². The summed E-state index contributed by atoms with van der Waals surface area (Å²) in [5.74, 6) is 0.999. The van der Waals surface area contributed by atoms with Gasteiger partial charge in [0.15, 0.2) is 12.1 Å². The largest absolute Gasteiger partial charge is 0.352 e. The lowest BCUT2D eigenvalue weighted by Gasteiger charge is -2.56. The third kappa shape index (κ3) is 2.30. The Labute approximate surface area is 156 Å². The van der Waals surface area contributed by atoms with Gasteiger partial charge in [0.1, 0.15) is 0 Å². The summed E-state index contributed by atoms with van der Waals surface area (Å²) in [6.07, 6.45) is 5.65. The van der Waals surface area contributed by atoms with Crippen LogP contribution in [0.1, 0.15) is 52.9 Å². The first-order valence-corrected chi connectivity index (χ1v) is 9.92. The Kier molecular flexibility index (Phi) is 4.17. The van der Waals surface area contributed by atoms with Gasteiger partial charge in [-0.15, -0.1) is 0 Å². The maximum atomic E-state index is 12.4. The molecule has 0 bridgehead atoms. The molecule has 0 spiro atoms. The maximum absolute atomic E-state index is 12.4. The highest BCUT2D eigenvalue weighted by Gasteiger charge is 2.62. The van der Waals surface area contributed by atoms with Gasteiger partial charge in [-0.05, 0) is 50.2 Å². The second-order valence-corrected chi connectivity index (χ2v) is 9.07. The summed E-state index contributed by atoms with van der Waals surface area (Å²) in [5.41, 5.74) is 1.11. The summed E-state index contributed by atoms with van der Waals surface area (Å²) < 4.78 is 12.1. The van der Waals surface area contributed by atoms with E-state index in [-0.39, 0.29) is 29.5 Å². The fourth-order valence-corrected chi connectivity index (χ4v) is 6.05. The Morgan fingerprint density at radius 3 is 2.85 bits per heavy atom. The lowest BCUT2D eigenvalue weighted by Crippen LogP contribution is -2.54. The van der Waals surface area contributed by atoms with Gasteiger partial charge in [0.25, 0.3) is 0 Å². The van der Waals surface area contributed by atoms with Crippen LogP contribution < -0.4 is 0 Å². The molecule has 4 rings (SSSR count). The predicted molar refractivity (Wildman–Crippen MR) is 97.9 cm³/mol. The average molecular weight is 355 g/mol. The molecule has 0 amide bonds. The molecule has 2 aliphatic carbocycles. The molecule has 140 valence electrons. The van der Waals surface area contributed by atoms with E-state index in [0.717, 1.165) is 37.0 Å². The van der Waals surface area contributed by atoms with Crippen LogP contribution in [0.4, 0.5) is 0 Å². The van der Waals surface area contributed by atoms with Crippen molar-refractivity contribution in [3.05, 3.63) is 23.8 Å². The number of carbonyl (C=O) groups excluding carboxylic acids is 1. The second kappa shape index (κ2) is 6.04. The van der Waals surface area contributed by atoms with Crippen molar-refractivity contribution in [3.63, 3.8) is 0 Å². The summed E-state index contributed by atoms with van der Waals surface area (Å²) in [4.78, 5) is 12.4. The van der Waals surface area contributed by atoms with E-state index < -0.39 is 5.41 Å². The number of carbonyl (C=O) groups is 1. The molecule has 0 N–H and O–H groups in total. The number of ether oxygens (including phenoxy) is 2. The minimum atomic E-state index is -0.622. The maximum Gasteiger partial charge on any atom is 0.160 e. The van der Waals surface area contributed by atoms with Crippen LogP contribution >= 0.6 is 0 Å². The Morgan fingerprint density at radius 1 is 1.42 bits per heavy atom. The molecule has 1 saturated carbocycles. The highest BCUT2D eigenvalue weighted by molar-refractivity contribution is 5.92. The van der Waals surface area contributed by atoms with Crippen molar-refractivity contribution in [2.45, 2.75) is 65.3 Å². The molecule has 0 aromatic carbocycles. The van der Waals surface area contributed by atoms with Gasteiger partial charge in [-0.25, -0.2) is 0 Å². The van der Waals surface area contributed by atoms with Crippen molar-refractivity contribution >= 4 is 5.78 Å². The number of ketones is 1. The average Bonchev–Trinajstić information content (AvgIpc) is 3.20. The van der Waals surface area contributed by atoms with Crippen LogP contribution in [0, 0.1) is 39.9 Å². The van der Waals surface area contributed by atoms with Crippen LogP contribution in [0.25, 0.3) is 0 Å². The molecule has 0 aromatic heterocycles. The molecule has 4 heteroatoms. The Morgan fingerprint density at radius 2 is 2.19 bits per heavy atom. The van der Waals surface area contributed by atoms with E-state index in [4.69, 9.17) is 9.47 Å². The van der Waals surface area contributed by atoms with Crippen molar-refractivity contribution < 1.29 is 14.3 Å². The second-order valence-electron chi connectivity index (χ2n) is 9.07. The third-order valence-corrected chi connectivity index (χ3v) is 7.77. The topological polar surface area (TPSA) is 59.3 Å². The first kappa shape index (κ1) is 17.9. The lowest BCUT2D eigenvalue weighted by atomic mass is 9.46. The number of nitriles is 1. The van der Waals surface area contributed by atoms with Crippen LogP contribution in [0.3, 0.4) is 0 Å². The Balaban J connectivity index is 1.81. The Bertz CT molecular complexity index is 707. The molecule has 2 aliphatic heterocycles. The van der Waals surface area contributed by atoms with Gasteiger partial charge >= 0.3 is 0 Å². The number of allylic oxidation sites excluding steroid dienone is 2. The van der Waals surface area contributed by atoms with E-state index in [9.17, 15) is 10.1 Å². The summed E-state index contributed by atoms with van der Waals surface area (Å²) in [6, 6.07) is 2.65. The first-order chi connectivity index (χ1) is 12.3. The lowest BCUT2D eigenvalue weighted by molar-refractivity contribution is -0.153. The number of nitrogens with zero attached hydrogens (tertiary/aromatic N) is 1. The highest BCUT2D eigenvalue weighted by Crippen LogP contribution is 2.64. The van der Waals surface area contributed by atoms with Crippen LogP contribution in [0.2, 0.25) is 0 Å². The minimum Gasteiger partial charge on any atom is -0.352 e. The summed E-state index contributed by atoms with van der Waals surface area (Å²) in [6.45, 7) is 11.5. The van der Waals surface area contributed by atoms with E-state index >= 15 is 0 Å². The zero-order valence-electron chi connectivity index (χ0n) is 16.1. The summed E-state index contributed by atoms with van der Waals surface area (Å²) in [7, 11) is 0. The molecule has 3 fully saturated rings. The van der Waals surface area contributed by atoms with Crippen LogP contribution in [0.5, 0.6) is 0 Å². The normalized spacial score (nSPS) is 47.7. The molecular formula is C22H29NO3. The first-order valence-electron chi connectivity index (χ1n) is 9.92. The molecule has 0 radical (unpaired) electrons. The summed E-state index contributed by atoms with van der Waals surface area (Å²) >= 11 is 0. The monoisotopic (exact) mass is 355 g/mol. The van der Waals surface area contributed by atoms with Crippen molar-refractivity contribution in [1.29, 1.82) is 5.26 Å². The van der Waals surface area contributed by atoms with Crippen molar-refractivity contribution in [2.24, 2.45) is 28.6 Å². The zero-order valence-corrected chi connectivity index (χ0v) is 16.1. The van der Waals surface area contributed by atoms with E-state index in [1.807, 2.05) is 6.92 Å². The van der Waals surface area contributed by atoms with Gasteiger partial charge in [-0.1, -0.05) is 26.0 Å². The standard InChI is InChI=1S/C22H29NO3/c1-13(2)17-9-14(3)21(4,19-10-15-6-8-25-20(15)26-19)18-11-16(24)5-7-22(17,18)12-23/h11,14-15,17,19-20H,1,5-10H2,2-4H3/t14-,15+,17+,19-,20-,21+,22-/m1/s1. The van der Waals surface area contributed by atoms with Crippen LogP contribution in [0.15, 0.2) is 23.8 Å². The fourth-order valence-electron chi connectivity index (χ4n) is 6.05. The predicted octanol–water partition coefficient (Wildman–Crippen LogP) is 4.18. The van der Waals surface area contributed by atoms with Gasteiger partial charge in [0.05, 0.1) is 24.2 Å². The smallest absolute Gasteiger partial charge is 0.160 e. The van der Waals surface area contributed by atoms with E-state index in [2.05, 4.69) is 26.5 Å². The molecule has 4 nitrogen and oxygen atoms in total. The molecule has 0 aromatic rings. The van der Waals surface area contributed by atoms with Gasteiger partial charge < -0.3 is 9.47 Å². The quantitative estimate of drug-likeness (QED) is 0.697. The van der Waals surface area contributed by atoms with Crippen LogP contribution in [-0.2, 0) is 14.3 Å². The van der Waals surface area contributed by atoms with E-state index in [0.29, 0.717) is 24.7 Å². The number of hydrogen-bond acceptors (Lipinski definition) is 4. The molecule has 0 unspecified atom stereocenters. The Hall–Kier alpha value is -1.44. The van der Waals surface area contributed by atoms with Gasteiger partial charge in [0.2, 0.25) is 0 Å². The zero-order chi connectivity index (χ0) is 18.7. The molecular weight excluding hydrogens is 326 g/mol. The van der Waals surface area contributed by atoms with Gasteiger partial charge in [-0.2, -0.15) is 5.26 Å². The number of fused-ring (bicyclic) bond motifs is 2.